The molecule has 0 spiro atoms. The van der Waals surface area contributed by atoms with E-state index in [0.717, 1.165) is 117 Å². The van der Waals surface area contributed by atoms with E-state index in [1.54, 1.807) is 0 Å². The summed E-state index contributed by atoms with van der Waals surface area (Å²) in [6, 6.07) is 127. The number of fused-ring (bicyclic) bond motifs is 2. The molecule has 0 atom stereocenters. The van der Waals surface area contributed by atoms with Gasteiger partial charge in [0.05, 0.1) is 34.0 Å². The lowest BCUT2D eigenvalue weighted by Crippen LogP contribution is -2.41. The molecule has 546 valence electrons. The maximum absolute atomic E-state index is 6.27. The summed E-state index contributed by atoms with van der Waals surface area (Å²) in [6.45, 7) is 8.28. The van der Waals surface area contributed by atoms with Crippen LogP contribution in [0.1, 0.15) is 27.7 Å². The summed E-state index contributed by atoms with van der Waals surface area (Å²) >= 11 is 6.20. The Kier molecular flexibility index (Phi) is 20.8. The molecule has 0 saturated carbocycles. The van der Waals surface area contributed by atoms with Crippen molar-refractivity contribution >= 4 is 45.7 Å². The zero-order valence-electron chi connectivity index (χ0n) is 63.0. The third-order valence-corrected chi connectivity index (χ3v) is 20.6. The molecule has 0 unspecified atom stereocenters. The lowest BCUT2D eigenvalue weighted by atomic mass is 9.78. The molecule has 1 aliphatic heterocycles. The topological polar surface area (TPSA) is 147 Å². The number of nitrogens with zero attached hydrogens (tertiary/aromatic N) is 10. The summed E-state index contributed by atoms with van der Waals surface area (Å²) in [4.78, 5) is 49.1. The minimum Gasteiger partial charge on any atom is -0.399 e. The van der Waals surface area contributed by atoms with Gasteiger partial charge in [0.25, 0.3) is 0 Å². The highest BCUT2D eigenvalue weighted by molar-refractivity contribution is 6.62. The van der Waals surface area contributed by atoms with E-state index in [0.29, 0.717) is 51.6 Å². The SMILES string of the molecule is CC1(C)OB(c2cccc(-c3cc(-c4ccccc4)nc(-c4ccccc4)n3)c2)OC1(C)C.Clc1cccc(-c2nc(-c3ccccc3)nc(-c3ccc4ccccc4c3)n2)c1.c1ccc(-c2cc(-c3cccc(-c4cccc(-c5nc(-c6ccccc6)nc(-c6ccc7ccccc7c6)n5)c4)c3)nc(-c3ccccc3)n2)cc1. The average molecular weight is 1490 g/mol. The maximum atomic E-state index is 6.27. The van der Waals surface area contributed by atoms with Crippen molar-refractivity contribution in [2.24, 2.45) is 0 Å². The van der Waals surface area contributed by atoms with Crippen LogP contribution in [-0.4, -0.2) is 68.2 Å². The van der Waals surface area contributed by atoms with Crippen LogP contribution in [0.5, 0.6) is 0 Å². The van der Waals surface area contributed by atoms with Gasteiger partial charge in [0, 0.05) is 66.2 Å². The molecule has 0 amide bonds. The minimum absolute atomic E-state index is 0.385. The number of benzene rings is 14. The number of hydrogen-bond donors (Lipinski definition) is 0. The van der Waals surface area contributed by atoms with E-state index in [9.17, 15) is 0 Å². The van der Waals surface area contributed by atoms with Crippen LogP contribution in [0, 0.1) is 0 Å². The summed E-state index contributed by atoms with van der Waals surface area (Å²) in [7, 11) is -0.418. The van der Waals surface area contributed by atoms with Gasteiger partial charge in [0.2, 0.25) is 0 Å². The molecule has 0 N–H and O–H groups in total. The molecule has 14 aromatic carbocycles. The molecule has 1 fully saturated rings. The van der Waals surface area contributed by atoms with Gasteiger partial charge < -0.3 is 9.31 Å². The van der Waals surface area contributed by atoms with Crippen molar-refractivity contribution in [1.29, 1.82) is 0 Å². The fourth-order valence-corrected chi connectivity index (χ4v) is 13.8. The van der Waals surface area contributed by atoms with Crippen molar-refractivity contribution < 1.29 is 9.31 Å². The fourth-order valence-electron chi connectivity index (χ4n) is 13.6. The predicted octanol–water partition coefficient (Wildman–Crippen LogP) is 23.9. The Morgan fingerprint density at radius 3 is 0.851 bits per heavy atom. The third kappa shape index (κ3) is 16.4. The number of halogens is 1. The van der Waals surface area contributed by atoms with Gasteiger partial charge in [-0.05, 0) is 120 Å². The van der Waals surface area contributed by atoms with Crippen molar-refractivity contribution in [3.63, 3.8) is 0 Å². The minimum atomic E-state index is -0.418. The normalized spacial score (nSPS) is 12.7. The molecule has 19 rings (SSSR count). The Hall–Kier alpha value is -13.9. The Labute approximate surface area is 667 Å². The predicted molar refractivity (Wildman–Crippen MR) is 464 cm³/mol. The molecule has 18 aromatic rings. The number of rotatable bonds is 14. The van der Waals surface area contributed by atoms with Gasteiger partial charge in [-0.25, -0.2) is 49.8 Å². The van der Waals surface area contributed by atoms with Crippen molar-refractivity contribution in [3.8, 4) is 147 Å². The van der Waals surface area contributed by atoms with Crippen LogP contribution in [-0.2, 0) is 9.31 Å². The van der Waals surface area contributed by atoms with E-state index in [1.807, 2.05) is 218 Å². The molecule has 0 aliphatic carbocycles. The Morgan fingerprint density at radius 1 is 0.202 bits per heavy atom. The van der Waals surface area contributed by atoms with E-state index in [4.69, 9.17) is 70.7 Å². The van der Waals surface area contributed by atoms with Gasteiger partial charge >= 0.3 is 7.12 Å². The Balaban J connectivity index is 0.000000131. The van der Waals surface area contributed by atoms with E-state index in [-0.39, 0.29) is 11.2 Å². The fraction of sp³-hybridized carbons (Fsp3) is 0.0600. The van der Waals surface area contributed by atoms with Crippen LogP contribution in [0.3, 0.4) is 0 Å². The molecular weight excluding hydrogens is 1420 g/mol. The van der Waals surface area contributed by atoms with E-state index >= 15 is 0 Å². The van der Waals surface area contributed by atoms with E-state index in [1.165, 1.54) is 10.8 Å². The van der Waals surface area contributed by atoms with Crippen molar-refractivity contribution in [1.82, 2.24) is 49.8 Å². The Bertz CT molecular complexity index is 6340. The summed E-state index contributed by atoms with van der Waals surface area (Å²) in [5.74, 6) is 5.15. The monoisotopic (exact) mass is 1490 g/mol. The largest absolute Gasteiger partial charge is 0.494 e. The van der Waals surface area contributed by atoms with Crippen LogP contribution in [0.2, 0.25) is 5.02 Å². The molecule has 14 heteroatoms. The quantitative estimate of drug-likeness (QED) is 0.0955. The maximum Gasteiger partial charge on any atom is 0.494 e. The van der Waals surface area contributed by atoms with Gasteiger partial charge in [-0.3, -0.25) is 0 Å². The zero-order valence-corrected chi connectivity index (χ0v) is 63.8. The summed E-state index contributed by atoms with van der Waals surface area (Å²) in [6.07, 6.45) is 0. The smallest absolute Gasteiger partial charge is 0.399 e. The standard InChI is InChI=1S/C47H31N5.C28H27BN2O2.C25H16ClN3/c1-4-15-33(16-5-1)42-31-43(49-44(48-42)34-17-6-2-7-18-34)39-24-12-22-37(28-39)38-23-13-25-40(30-38)46-50-45(35-19-8-3-9-20-35)51-47(52-46)41-27-26-32-14-10-11-21-36(32)29-41;1-27(2)28(3,4)33-29(32-27)23-17-11-16-22(18-23)25-19-24(20-12-7-5-8-13-20)30-26(31-25)21-14-9-6-10-15-21;26-22-12-6-11-20(16-22)24-27-23(18-8-2-1-3-9-18)28-25(29-24)21-14-13-17-7-4-5-10-19(17)15-21/h1-31H;5-19H,1-4H3;1-16H. The highest BCUT2D eigenvalue weighted by Crippen LogP contribution is 2.39. The number of aromatic nitrogens is 10. The van der Waals surface area contributed by atoms with Crippen molar-refractivity contribution in [2.45, 2.75) is 38.9 Å². The van der Waals surface area contributed by atoms with Crippen LogP contribution in [0.15, 0.2) is 376 Å². The van der Waals surface area contributed by atoms with Gasteiger partial charge in [-0.15, -0.1) is 0 Å². The molecule has 114 heavy (non-hydrogen) atoms. The first-order valence-electron chi connectivity index (χ1n) is 37.9. The summed E-state index contributed by atoms with van der Waals surface area (Å²) < 4.78 is 12.5. The molecule has 1 aliphatic rings. The van der Waals surface area contributed by atoms with E-state index in [2.05, 4.69) is 185 Å². The highest BCUT2D eigenvalue weighted by atomic mass is 35.5. The molecule has 4 aromatic heterocycles. The third-order valence-electron chi connectivity index (χ3n) is 20.4. The first-order chi connectivity index (χ1) is 55.8. The van der Waals surface area contributed by atoms with Crippen LogP contribution in [0.25, 0.3) is 169 Å². The first-order valence-corrected chi connectivity index (χ1v) is 38.2. The lowest BCUT2D eigenvalue weighted by Gasteiger charge is -2.32. The Morgan fingerprint density at radius 2 is 0.465 bits per heavy atom. The van der Waals surface area contributed by atoms with Crippen LogP contribution < -0.4 is 5.46 Å². The average Bonchev–Trinajstić information content (AvgIpc) is 1.64. The first kappa shape index (κ1) is 72.9. The van der Waals surface area contributed by atoms with Gasteiger partial charge in [-0.2, -0.15) is 0 Å². The molecule has 12 nitrogen and oxygen atoms in total. The molecular formula is C100H74BClN10O2. The van der Waals surface area contributed by atoms with Crippen LogP contribution >= 0.6 is 11.6 Å². The second kappa shape index (κ2) is 32.5. The van der Waals surface area contributed by atoms with E-state index < -0.39 is 7.12 Å². The zero-order chi connectivity index (χ0) is 77.4. The van der Waals surface area contributed by atoms with Gasteiger partial charge in [0.15, 0.2) is 46.6 Å². The summed E-state index contributed by atoms with van der Waals surface area (Å²) in [5.41, 5.74) is 17.4. The van der Waals surface area contributed by atoms with Crippen molar-refractivity contribution in [3.05, 3.63) is 381 Å². The van der Waals surface area contributed by atoms with Crippen molar-refractivity contribution in [2.75, 3.05) is 0 Å². The van der Waals surface area contributed by atoms with Gasteiger partial charge in [0.1, 0.15) is 0 Å². The second-order valence-corrected chi connectivity index (χ2v) is 29.2. The second-order valence-electron chi connectivity index (χ2n) is 28.7. The molecule has 1 saturated heterocycles. The highest BCUT2D eigenvalue weighted by Gasteiger charge is 2.51. The molecule has 0 radical (unpaired) electrons. The molecule has 5 heterocycles. The van der Waals surface area contributed by atoms with Gasteiger partial charge in [-0.1, -0.05) is 339 Å². The lowest BCUT2D eigenvalue weighted by molar-refractivity contribution is 0.00578. The number of hydrogen-bond acceptors (Lipinski definition) is 12. The van der Waals surface area contributed by atoms with Crippen LogP contribution in [0.4, 0.5) is 0 Å². The summed E-state index contributed by atoms with van der Waals surface area (Å²) in [5, 5.41) is 5.30. The molecule has 0 bridgehead atoms.